The van der Waals surface area contributed by atoms with Gasteiger partial charge in [-0.2, -0.15) is 0 Å². The Kier molecular flexibility index (Phi) is 4.71. The van der Waals surface area contributed by atoms with Crippen LogP contribution in [0.1, 0.15) is 12.8 Å². The molecular formula is C8H16INO. The van der Waals surface area contributed by atoms with E-state index in [4.69, 9.17) is 4.74 Å². The third kappa shape index (κ3) is 3.71. The third-order valence-corrected chi connectivity index (χ3v) is 2.49. The molecule has 1 atom stereocenters. The number of hydrogen-bond acceptors (Lipinski definition) is 2. The number of halogens is 1. The lowest BCUT2D eigenvalue weighted by Crippen LogP contribution is -2.30. The predicted octanol–water partition coefficient (Wildman–Crippen LogP) is 1.53. The van der Waals surface area contributed by atoms with Crippen LogP contribution in [0.25, 0.3) is 0 Å². The van der Waals surface area contributed by atoms with Crippen molar-refractivity contribution in [2.24, 2.45) is 0 Å². The van der Waals surface area contributed by atoms with Crippen molar-refractivity contribution in [3.8, 4) is 0 Å². The first-order chi connectivity index (χ1) is 5.33. The van der Waals surface area contributed by atoms with Crippen molar-refractivity contribution in [3.63, 3.8) is 0 Å². The summed E-state index contributed by atoms with van der Waals surface area (Å²) in [7, 11) is 2.17. The van der Waals surface area contributed by atoms with E-state index in [1.807, 2.05) is 0 Å². The van der Waals surface area contributed by atoms with Gasteiger partial charge in [0.1, 0.15) is 0 Å². The molecule has 0 aromatic heterocycles. The highest BCUT2D eigenvalue weighted by Gasteiger charge is 2.16. The van der Waals surface area contributed by atoms with Crippen molar-refractivity contribution >= 4 is 22.6 Å². The molecule has 1 aliphatic heterocycles. The van der Waals surface area contributed by atoms with Crippen LogP contribution in [0.2, 0.25) is 0 Å². The first kappa shape index (κ1) is 9.74. The molecule has 0 saturated carbocycles. The molecule has 1 aliphatic rings. The Hall–Kier alpha value is 0.650. The second-order valence-electron chi connectivity index (χ2n) is 3.09. The third-order valence-electron chi connectivity index (χ3n) is 2.01. The van der Waals surface area contributed by atoms with Gasteiger partial charge in [0.15, 0.2) is 0 Å². The molecule has 11 heavy (non-hydrogen) atoms. The summed E-state index contributed by atoms with van der Waals surface area (Å²) in [4.78, 5) is 2.35. The number of rotatable bonds is 4. The number of alkyl halides is 1. The van der Waals surface area contributed by atoms with Gasteiger partial charge >= 0.3 is 0 Å². The Morgan fingerprint density at radius 3 is 3.00 bits per heavy atom. The molecule has 1 unspecified atom stereocenters. The second kappa shape index (κ2) is 5.32. The fraction of sp³-hybridized carbons (Fsp3) is 1.00. The van der Waals surface area contributed by atoms with Gasteiger partial charge in [-0.25, -0.2) is 0 Å². The SMILES string of the molecule is CN(CCI)CC1CCCO1. The van der Waals surface area contributed by atoms with Crippen LogP contribution in [0, 0.1) is 0 Å². The molecule has 1 heterocycles. The summed E-state index contributed by atoms with van der Waals surface area (Å²) in [6.07, 6.45) is 3.02. The molecule has 0 bridgehead atoms. The van der Waals surface area contributed by atoms with Gasteiger partial charge in [0, 0.05) is 24.1 Å². The molecule has 0 N–H and O–H groups in total. The second-order valence-corrected chi connectivity index (χ2v) is 4.17. The number of ether oxygens (including phenoxy) is 1. The zero-order chi connectivity index (χ0) is 8.10. The molecule has 0 aromatic rings. The van der Waals surface area contributed by atoms with E-state index in [1.165, 1.54) is 23.8 Å². The quantitative estimate of drug-likeness (QED) is 0.567. The van der Waals surface area contributed by atoms with E-state index in [-0.39, 0.29) is 0 Å². The Labute approximate surface area is 82.4 Å². The van der Waals surface area contributed by atoms with E-state index in [9.17, 15) is 0 Å². The molecule has 3 heteroatoms. The minimum atomic E-state index is 0.517. The van der Waals surface area contributed by atoms with Gasteiger partial charge in [-0.05, 0) is 19.9 Å². The van der Waals surface area contributed by atoms with Crippen LogP contribution >= 0.6 is 22.6 Å². The molecule has 1 rings (SSSR count). The average molecular weight is 269 g/mol. The number of likely N-dealkylation sites (N-methyl/N-ethyl adjacent to an activating group) is 1. The van der Waals surface area contributed by atoms with Crippen molar-refractivity contribution in [1.29, 1.82) is 0 Å². The predicted molar refractivity (Wildman–Crippen MR) is 55.4 cm³/mol. The van der Waals surface area contributed by atoms with Gasteiger partial charge in [0.05, 0.1) is 6.10 Å². The van der Waals surface area contributed by atoms with E-state index >= 15 is 0 Å². The van der Waals surface area contributed by atoms with Crippen LogP contribution in [0.15, 0.2) is 0 Å². The zero-order valence-electron chi connectivity index (χ0n) is 7.05. The summed E-state index contributed by atoms with van der Waals surface area (Å²) in [5, 5.41) is 0. The summed E-state index contributed by atoms with van der Waals surface area (Å²) < 4.78 is 6.74. The van der Waals surface area contributed by atoms with Gasteiger partial charge in [-0.1, -0.05) is 22.6 Å². The maximum absolute atomic E-state index is 5.53. The minimum absolute atomic E-state index is 0.517. The summed E-state index contributed by atoms with van der Waals surface area (Å²) in [6, 6.07) is 0. The topological polar surface area (TPSA) is 12.5 Å². The Morgan fingerprint density at radius 1 is 1.64 bits per heavy atom. The van der Waals surface area contributed by atoms with Crippen molar-refractivity contribution < 1.29 is 4.74 Å². The van der Waals surface area contributed by atoms with Crippen LogP contribution in [0.5, 0.6) is 0 Å². The minimum Gasteiger partial charge on any atom is -0.377 e. The van der Waals surface area contributed by atoms with E-state index in [0.717, 1.165) is 13.2 Å². The van der Waals surface area contributed by atoms with Crippen molar-refractivity contribution in [1.82, 2.24) is 4.90 Å². The molecule has 0 radical (unpaired) electrons. The van der Waals surface area contributed by atoms with Gasteiger partial charge in [0.2, 0.25) is 0 Å². The normalized spacial score (nSPS) is 24.8. The number of hydrogen-bond donors (Lipinski definition) is 0. The molecule has 0 aromatic carbocycles. The van der Waals surface area contributed by atoms with Crippen LogP contribution < -0.4 is 0 Å². The summed E-state index contributed by atoms with van der Waals surface area (Å²) >= 11 is 2.41. The standard InChI is InChI=1S/C8H16INO/c1-10(5-4-9)7-8-3-2-6-11-8/h8H,2-7H2,1H3. The van der Waals surface area contributed by atoms with Gasteiger partial charge in [-0.15, -0.1) is 0 Å². The van der Waals surface area contributed by atoms with Crippen molar-refractivity contribution in [3.05, 3.63) is 0 Å². The van der Waals surface area contributed by atoms with Gasteiger partial charge in [0.25, 0.3) is 0 Å². The van der Waals surface area contributed by atoms with E-state index in [0.29, 0.717) is 6.10 Å². The fourth-order valence-electron chi connectivity index (χ4n) is 1.37. The molecular weight excluding hydrogens is 253 g/mol. The summed E-state index contributed by atoms with van der Waals surface area (Å²) in [5.41, 5.74) is 0. The van der Waals surface area contributed by atoms with E-state index in [2.05, 4.69) is 34.5 Å². The maximum Gasteiger partial charge on any atom is 0.0702 e. The summed E-state index contributed by atoms with van der Waals surface area (Å²) in [5.74, 6) is 0. The molecule has 0 aliphatic carbocycles. The molecule has 1 saturated heterocycles. The summed E-state index contributed by atoms with van der Waals surface area (Å²) in [6.45, 7) is 3.27. The first-order valence-electron chi connectivity index (χ1n) is 4.19. The lowest BCUT2D eigenvalue weighted by molar-refractivity contribution is 0.0832. The molecule has 2 nitrogen and oxygen atoms in total. The molecule has 0 spiro atoms. The highest BCUT2D eigenvalue weighted by molar-refractivity contribution is 14.1. The highest BCUT2D eigenvalue weighted by atomic mass is 127. The van der Waals surface area contributed by atoms with Crippen LogP contribution in [-0.2, 0) is 4.74 Å². The number of nitrogens with zero attached hydrogens (tertiary/aromatic N) is 1. The largest absolute Gasteiger partial charge is 0.377 e. The molecule has 0 amide bonds. The highest BCUT2D eigenvalue weighted by Crippen LogP contribution is 2.12. The van der Waals surface area contributed by atoms with Gasteiger partial charge in [-0.3, -0.25) is 0 Å². The van der Waals surface area contributed by atoms with E-state index in [1.54, 1.807) is 0 Å². The first-order valence-corrected chi connectivity index (χ1v) is 5.71. The monoisotopic (exact) mass is 269 g/mol. The zero-order valence-corrected chi connectivity index (χ0v) is 9.21. The molecule has 1 fully saturated rings. The lowest BCUT2D eigenvalue weighted by atomic mass is 10.2. The van der Waals surface area contributed by atoms with E-state index < -0.39 is 0 Å². The smallest absolute Gasteiger partial charge is 0.0702 e. The van der Waals surface area contributed by atoms with Gasteiger partial charge < -0.3 is 9.64 Å². The van der Waals surface area contributed by atoms with Crippen LogP contribution in [-0.4, -0.2) is 42.2 Å². The Morgan fingerprint density at radius 2 is 2.45 bits per heavy atom. The van der Waals surface area contributed by atoms with Crippen LogP contribution in [0.3, 0.4) is 0 Å². The Bertz CT molecular complexity index is 104. The average Bonchev–Trinajstić information content (AvgIpc) is 2.40. The van der Waals surface area contributed by atoms with Crippen molar-refractivity contribution in [2.75, 3.05) is 31.2 Å². The fourth-order valence-corrected chi connectivity index (χ4v) is 2.20. The van der Waals surface area contributed by atoms with Crippen LogP contribution in [0.4, 0.5) is 0 Å². The molecule has 66 valence electrons. The lowest BCUT2D eigenvalue weighted by Gasteiger charge is -2.18. The Balaban J connectivity index is 2.08. The maximum atomic E-state index is 5.53. The van der Waals surface area contributed by atoms with Crippen molar-refractivity contribution in [2.45, 2.75) is 18.9 Å².